The number of nitrogens with two attached hydrogens (primary N) is 1. The highest BCUT2D eigenvalue weighted by molar-refractivity contribution is 5.96. The van der Waals surface area contributed by atoms with Gasteiger partial charge in [-0.2, -0.15) is 5.06 Å². The van der Waals surface area contributed by atoms with E-state index in [0.29, 0.717) is 35.3 Å². The lowest BCUT2D eigenvalue weighted by Gasteiger charge is -2.62. The second-order valence-electron chi connectivity index (χ2n) is 14.7. The van der Waals surface area contributed by atoms with Crippen molar-refractivity contribution in [2.75, 3.05) is 39.6 Å². The molecular weight excluding hydrogens is 566 g/mol. The minimum atomic E-state index is -0.774. The Labute approximate surface area is 269 Å². The number of aliphatic hydroxyl groups is 1. The first-order valence-electron chi connectivity index (χ1n) is 16.4. The number of hydrogen-bond donors (Lipinski definition) is 3. The molecule has 9 heteroatoms. The maximum atomic E-state index is 14.1. The molecule has 2 amide bonds. The number of benzene rings is 2. The minimum Gasteiger partial charge on any atom is -0.393 e. The third-order valence-electron chi connectivity index (χ3n) is 11.3. The van der Waals surface area contributed by atoms with Gasteiger partial charge in [-0.05, 0) is 90.3 Å². The van der Waals surface area contributed by atoms with Crippen LogP contribution in [0.15, 0.2) is 36.4 Å². The highest BCUT2D eigenvalue weighted by Crippen LogP contribution is 2.61. The van der Waals surface area contributed by atoms with E-state index in [1.54, 1.807) is 31.0 Å². The van der Waals surface area contributed by atoms with Crippen molar-refractivity contribution in [2.45, 2.75) is 78.3 Å². The summed E-state index contributed by atoms with van der Waals surface area (Å²) in [7, 11) is 7.44. The van der Waals surface area contributed by atoms with E-state index in [1.807, 2.05) is 43.3 Å². The molecule has 2 aromatic rings. The van der Waals surface area contributed by atoms with Crippen LogP contribution in [-0.4, -0.2) is 85.9 Å². The van der Waals surface area contributed by atoms with E-state index in [0.717, 1.165) is 34.4 Å². The summed E-state index contributed by atoms with van der Waals surface area (Å²) in [6.45, 7) is 11.3. The lowest BCUT2D eigenvalue weighted by molar-refractivity contribution is -0.175. The summed E-state index contributed by atoms with van der Waals surface area (Å²) >= 11 is 0. The molecule has 1 saturated heterocycles. The molecule has 45 heavy (non-hydrogen) atoms. The van der Waals surface area contributed by atoms with Crippen LogP contribution in [0.5, 0.6) is 0 Å². The average molecular weight is 620 g/mol. The van der Waals surface area contributed by atoms with E-state index in [1.165, 1.54) is 6.42 Å². The summed E-state index contributed by atoms with van der Waals surface area (Å²) < 4.78 is 0. The molecule has 2 aromatic carbocycles. The van der Waals surface area contributed by atoms with Gasteiger partial charge in [-0.1, -0.05) is 39.0 Å². The maximum absolute atomic E-state index is 14.1. The summed E-state index contributed by atoms with van der Waals surface area (Å²) in [6.07, 6.45) is 0.971. The number of hydroxylamine groups is 2. The van der Waals surface area contributed by atoms with Crippen LogP contribution in [0.3, 0.4) is 0 Å². The van der Waals surface area contributed by atoms with Gasteiger partial charge in [0.2, 0.25) is 5.91 Å². The molecule has 0 aromatic heterocycles. The van der Waals surface area contributed by atoms with E-state index in [9.17, 15) is 14.7 Å². The number of nitrogens with zero attached hydrogens (tertiary/aromatic N) is 3. The predicted octanol–water partition coefficient (Wildman–Crippen LogP) is 4.06. The first-order chi connectivity index (χ1) is 21.1. The molecule has 9 nitrogen and oxygen atoms in total. The van der Waals surface area contributed by atoms with E-state index >= 15 is 0 Å². The van der Waals surface area contributed by atoms with Crippen molar-refractivity contribution in [2.24, 2.45) is 34.8 Å². The molecule has 3 aliphatic carbocycles. The Hall–Kier alpha value is -2.98. The summed E-state index contributed by atoms with van der Waals surface area (Å²) in [6, 6.07) is 11.5. The Kier molecular flexibility index (Phi) is 9.40. The van der Waals surface area contributed by atoms with Gasteiger partial charge in [-0.25, -0.2) is 0 Å². The smallest absolute Gasteiger partial charge is 0.253 e. The first-order valence-corrected chi connectivity index (χ1v) is 16.4. The van der Waals surface area contributed by atoms with Crippen molar-refractivity contribution in [1.82, 2.24) is 15.3 Å². The van der Waals surface area contributed by atoms with Crippen LogP contribution in [0, 0.1) is 36.0 Å². The number of nitrogens with one attached hydrogen (secondary N) is 1. The highest BCUT2D eigenvalue weighted by Gasteiger charge is 2.57. The lowest BCUT2D eigenvalue weighted by atomic mass is 9.45. The number of fused-ring (bicyclic) bond motifs is 2. The zero-order chi connectivity index (χ0) is 33.0. The van der Waals surface area contributed by atoms with E-state index in [2.05, 4.69) is 45.1 Å². The largest absolute Gasteiger partial charge is 0.393 e. The van der Waals surface area contributed by atoms with Gasteiger partial charge in [0.25, 0.3) is 5.91 Å². The Bertz CT molecular complexity index is 1420. The van der Waals surface area contributed by atoms with Gasteiger partial charge in [0, 0.05) is 57.9 Å². The normalized spacial score (nSPS) is 29.5. The first kappa shape index (κ1) is 33.4. The van der Waals surface area contributed by atoms with Crippen LogP contribution in [0.25, 0.3) is 11.1 Å². The van der Waals surface area contributed by atoms with Gasteiger partial charge in [0.05, 0.1) is 18.8 Å². The fourth-order valence-electron chi connectivity index (χ4n) is 8.27. The van der Waals surface area contributed by atoms with Crippen molar-refractivity contribution in [3.8, 4) is 11.1 Å². The molecule has 2 bridgehead atoms. The molecule has 4 aliphatic rings. The molecule has 8 atom stereocenters. The van der Waals surface area contributed by atoms with Crippen molar-refractivity contribution >= 4 is 17.5 Å². The van der Waals surface area contributed by atoms with Crippen molar-refractivity contribution in [3.05, 3.63) is 53.1 Å². The molecule has 3 saturated carbocycles. The maximum Gasteiger partial charge on any atom is 0.253 e. The monoisotopic (exact) mass is 619 g/mol. The molecule has 0 radical (unpaired) electrons. The number of carbonyl (C=O) groups is 2. The van der Waals surface area contributed by atoms with Gasteiger partial charge >= 0.3 is 0 Å². The van der Waals surface area contributed by atoms with Crippen LogP contribution in [0.2, 0.25) is 0 Å². The molecule has 1 heterocycles. The predicted molar refractivity (Wildman–Crippen MR) is 178 cm³/mol. The van der Waals surface area contributed by atoms with Gasteiger partial charge < -0.3 is 26.0 Å². The van der Waals surface area contributed by atoms with Crippen LogP contribution in [-0.2, 0) is 16.2 Å². The van der Waals surface area contributed by atoms with Crippen molar-refractivity contribution in [3.63, 3.8) is 0 Å². The molecule has 6 rings (SSSR count). The Balaban J connectivity index is 1.44. The van der Waals surface area contributed by atoms with Gasteiger partial charge in [0.1, 0.15) is 6.04 Å². The van der Waals surface area contributed by atoms with Gasteiger partial charge in [0.15, 0.2) is 0 Å². The topological polar surface area (TPSA) is 111 Å². The van der Waals surface area contributed by atoms with Crippen molar-refractivity contribution < 1.29 is 19.5 Å². The molecular formula is C36H53N5O4. The summed E-state index contributed by atoms with van der Waals surface area (Å²) in [5.41, 5.74) is 12.0. The summed E-state index contributed by atoms with van der Waals surface area (Å²) in [4.78, 5) is 37.0. The van der Waals surface area contributed by atoms with Gasteiger partial charge in [-0.3, -0.25) is 14.4 Å². The molecule has 1 aliphatic heterocycles. The number of aliphatic hydroxyl groups excluding tert-OH is 1. The zero-order valence-electron chi connectivity index (χ0n) is 28.5. The van der Waals surface area contributed by atoms with Crippen LogP contribution >= 0.6 is 0 Å². The SMILES string of the molecule is Cc1c(CN2O[C@@H](CN)[C@@H]([C@H](C)O)[C@H]2C(=O)N[C@H]2C[C@H]3C[C@@H]([C@@H]2C)C3(C)C)cccc1-c1cc(C(=O)N(C)C)cc(N(C)C)c1. The summed E-state index contributed by atoms with van der Waals surface area (Å²) in [5.74, 6) is 0.993. The third kappa shape index (κ3) is 6.12. The zero-order valence-corrected chi connectivity index (χ0v) is 28.5. The molecule has 0 unspecified atom stereocenters. The molecule has 0 spiro atoms. The second kappa shape index (κ2) is 12.7. The number of anilines is 1. The Morgan fingerprint density at radius 3 is 2.44 bits per heavy atom. The quantitative estimate of drug-likeness (QED) is 0.388. The lowest BCUT2D eigenvalue weighted by Crippen LogP contribution is -2.62. The van der Waals surface area contributed by atoms with Gasteiger partial charge in [-0.15, -0.1) is 0 Å². The number of carbonyl (C=O) groups excluding carboxylic acids is 2. The van der Waals surface area contributed by atoms with E-state index < -0.39 is 24.2 Å². The van der Waals surface area contributed by atoms with Crippen molar-refractivity contribution in [1.29, 1.82) is 0 Å². The fourth-order valence-corrected chi connectivity index (χ4v) is 8.27. The summed E-state index contributed by atoms with van der Waals surface area (Å²) in [5, 5.41) is 16.0. The van der Waals surface area contributed by atoms with Crippen LogP contribution < -0.4 is 16.0 Å². The van der Waals surface area contributed by atoms with E-state index in [-0.39, 0.29) is 24.4 Å². The standard InChI is InChI=1S/C36H53N5O4/c1-20-23(11-10-12-28(20)24-13-25(35(44)40(8)9)15-27(14-24)39(6)7)19-41-33(32(22(3)42)31(18-37)45-41)34(43)38-30-17-26-16-29(21(30)2)36(26,4)5/h10-15,21-22,26,29-33,42H,16-19,37H2,1-9H3,(H,38,43)/t21-,22-,26+,29-,30-,31-,32+,33-/m0/s1. The fraction of sp³-hybridized carbons (Fsp3) is 0.611. The minimum absolute atomic E-state index is 0.0572. The molecule has 4 fully saturated rings. The Morgan fingerprint density at radius 2 is 1.87 bits per heavy atom. The number of hydrogen-bond acceptors (Lipinski definition) is 7. The van der Waals surface area contributed by atoms with E-state index in [4.69, 9.17) is 10.6 Å². The van der Waals surface area contributed by atoms with Crippen LogP contribution in [0.1, 0.15) is 62.0 Å². The third-order valence-corrected chi connectivity index (χ3v) is 11.3. The molecule has 4 N–H and O–H groups in total. The molecule has 246 valence electrons. The number of rotatable bonds is 9. The Morgan fingerprint density at radius 1 is 1.16 bits per heavy atom. The average Bonchev–Trinajstić information content (AvgIpc) is 3.36. The highest BCUT2D eigenvalue weighted by atomic mass is 16.7. The number of amides is 2. The van der Waals surface area contributed by atoms with Crippen LogP contribution in [0.4, 0.5) is 5.69 Å². The second-order valence-corrected chi connectivity index (χ2v) is 14.7.